The topological polar surface area (TPSA) is 70.8 Å². The van der Waals surface area contributed by atoms with Crippen LogP contribution in [-0.4, -0.2) is 44.5 Å². The Kier molecular flexibility index (Phi) is 4.50. The predicted octanol–water partition coefficient (Wildman–Crippen LogP) is 0.0724. The Labute approximate surface area is 89.9 Å². The molecule has 1 heterocycles. The van der Waals surface area contributed by atoms with Crippen LogP contribution in [0.2, 0.25) is 0 Å². The molecule has 0 aromatic heterocycles. The number of carbonyl (C=O) groups is 1. The molecule has 1 aliphatic heterocycles. The van der Waals surface area contributed by atoms with E-state index in [0.717, 1.165) is 12.8 Å². The zero-order valence-corrected chi connectivity index (χ0v) is 9.32. The van der Waals surface area contributed by atoms with Crippen LogP contribution in [-0.2, 0) is 19.0 Å². The highest BCUT2D eigenvalue weighted by atomic mass is 16.6. The molecule has 15 heavy (non-hydrogen) atoms. The van der Waals surface area contributed by atoms with Gasteiger partial charge >= 0.3 is 5.97 Å². The molecule has 1 unspecified atom stereocenters. The van der Waals surface area contributed by atoms with E-state index in [0.29, 0.717) is 19.8 Å². The van der Waals surface area contributed by atoms with Gasteiger partial charge in [-0.15, -0.1) is 0 Å². The first kappa shape index (κ1) is 12.4. The molecule has 0 saturated carbocycles. The van der Waals surface area contributed by atoms with Crippen LogP contribution in [0.25, 0.3) is 0 Å². The highest BCUT2D eigenvalue weighted by Gasteiger charge is 2.35. The van der Waals surface area contributed by atoms with Crippen LogP contribution in [0.3, 0.4) is 0 Å². The van der Waals surface area contributed by atoms with Gasteiger partial charge in [-0.1, -0.05) is 0 Å². The zero-order valence-electron chi connectivity index (χ0n) is 9.32. The fraction of sp³-hybridized carbons (Fsp3) is 0.900. The van der Waals surface area contributed by atoms with E-state index in [-0.39, 0.29) is 5.97 Å². The van der Waals surface area contributed by atoms with Gasteiger partial charge in [0.2, 0.25) is 0 Å². The van der Waals surface area contributed by atoms with Gasteiger partial charge in [-0.05, 0) is 6.92 Å². The molecule has 0 spiro atoms. The first-order chi connectivity index (χ1) is 7.13. The van der Waals surface area contributed by atoms with Gasteiger partial charge in [0.25, 0.3) is 0 Å². The number of ether oxygens (including phenoxy) is 3. The molecule has 1 fully saturated rings. The lowest BCUT2D eigenvalue weighted by atomic mass is 9.94. The molecular weight excluding hydrogens is 198 g/mol. The van der Waals surface area contributed by atoms with E-state index in [1.807, 2.05) is 0 Å². The SMILES string of the molecule is COC(=O)C(C)OC1(CN)CCOCC1. The second-order valence-corrected chi connectivity index (χ2v) is 3.78. The lowest BCUT2D eigenvalue weighted by Gasteiger charge is -2.37. The third kappa shape index (κ3) is 3.15. The number of rotatable bonds is 4. The quantitative estimate of drug-likeness (QED) is 0.675. The Morgan fingerprint density at radius 3 is 2.60 bits per heavy atom. The molecule has 5 nitrogen and oxygen atoms in total. The normalized spacial score (nSPS) is 22.1. The fourth-order valence-corrected chi connectivity index (χ4v) is 1.70. The summed E-state index contributed by atoms with van der Waals surface area (Å²) in [7, 11) is 1.35. The van der Waals surface area contributed by atoms with Gasteiger partial charge < -0.3 is 19.9 Å². The standard InChI is InChI=1S/C10H19NO4/c1-8(9(12)13-2)15-10(7-11)3-5-14-6-4-10/h8H,3-7,11H2,1-2H3. The van der Waals surface area contributed by atoms with Crippen molar-refractivity contribution in [2.75, 3.05) is 26.9 Å². The Morgan fingerprint density at radius 1 is 1.53 bits per heavy atom. The minimum absolute atomic E-state index is 0.366. The lowest BCUT2D eigenvalue weighted by molar-refractivity contribution is -0.174. The summed E-state index contributed by atoms with van der Waals surface area (Å²) in [6.45, 7) is 3.34. The first-order valence-corrected chi connectivity index (χ1v) is 5.17. The third-order valence-corrected chi connectivity index (χ3v) is 2.74. The number of carbonyl (C=O) groups excluding carboxylic acids is 1. The highest BCUT2D eigenvalue weighted by molar-refractivity contribution is 5.74. The summed E-state index contributed by atoms with van der Waals surface area (Å²) in [5.41, 5.74) is 5.27. The summed E-state index contributed by atoms with van der Waals surface area (Å²) in [5, 5.41) is 0. The summed E-state index contributed by atoms with van der Waals surface area (Å²) in [6.07, 6.45) is 0.881. The summed E-state index contributed by atoms with van der Waals surface area (Å²) >= 11 is 0. The maximum atomic E-state index is 11.2. The van der Waals surface area contributed by atoms with E-state index in [1.54, 1.807) is 6.92 Å². The Bertz CT molecular complexity index is 213. The van der Waals surface area contributed by atoms with E-state index >= 15 is 0 Å². The van der Waals surface area contributed by atoms with Crippen LogP contribution in [0.15, 0.2) is 0 Å². The Balaban J connectivity index is 2.54. The van der Waals surface area contributed by atoms with Gasteiger partial charge in [-0.2, -0.15) is 0 Å². The summed E-state index contributed by atoms with van der Waals surface area (Å²) in [4.78, 5) is 11.2. The van der Waals surface area contributed by atoms with Crippen LogP contribution in [0.1, 0.15) is 19.8 Å². The molecule has 0 amide bonds. The molecular formula is C10H19NO4. The monoisotopic (exact) mass is 217 g/mol. The molecule has 0 aromatic rings. The van der Waals surface area contributed by atoms with E-state index in [4.69, 9.17) is 15.2 Å². The molecule has 1 rings (SSSR count). The molecule has 2 N–H and O–H groups in total. The number of nitrogens with two attached hydrogens (primary N) is 1. The number of hydrogen-bond acceptors (Lipinski definition) is 5. The second kappa shape index (κ2) is 5.44. The smallest absolute Gasteiger partial charge is 0.334 e. The number of esters is 1. The van der Waals surface area contributed by atoms with Crippen molar-refractivity contribution < 1.29 is 19.0 Å². The molecule has 1 aliphatic rings. The van der Waals surface area contributed by atoms with E-state index in [9.17, 15) is 4.79 Å². The van der Waals surface area contributed by atoms with Gasteiger partial charge in [-0.3, -0.25) is 0 Å². The molecule has 1 saturated heterocycles. The average Bonchev–Trinajstić information content (AvgIpc) is 2.29. The number of hydrogen-bond donors (Lipinski definition) is 1. The summed E-state index contributed by atoms with van der Waals surface area (Å²) in [6, 6.07) is 0. The van der Waals surface area contributed by atoms with Crippen molar-refractivity contribution in [2.45, 2.75) is 31.5 Å². The fourth-order valence-electron chi connectivity index (χ4n) is 1.70. The van der Waals surface area contributed by atoms with Crippen LogP contribution < -0.4 is 5.73 Å². The van der Waals surface area contributed by atoms with Crippen molar-refractivity contribution in [3.63, 3.8) is 0 Å². The minimum Gasteiger partial charge on any atom is -0.467 e. The van der Waals surface area contributed by atoms with E-state index in [2.05, 4.69) is 4.74 Å². The first-order valence-electron chi connectivity index (χ1n) is 5.17. The van der Waals surface area contributed by atoms with Crippen LogP contribution in [0.4, 0.5) is 0 Å². The molecule has 1 atom stereocenters. The second-order valence-electron chi connectivity index (χ2n) is 3.78. The van der Waals surface area contributed by atoms with Crippen LogP contribution >= 0.6 is 0 Å². The Morgan fingerprint density at radius 2 is 2.13 bits per heavy atom. The van der Waals surface area contributed by atoms with Crippen molar-refractivity contribution in [1.82, 2.24) is 0 Å². The predicted molar refractivity (Wildman–Crippen MR) is 54.4 cm³/mol. The molecule has 88 valence electrons. The van der Waals surface area contributed by atoms with Crippen molar-refractivity contribution in [2.24, 2.45) is 5.73 Å². The maximum absolute atomic E-state index is 11.2. The number of methoxy groups -OCH3 is 1. The van der Waals surface area contributed by atoms with Crippen LogP contribution in [0, 0.1) is 0 Å². The third-order valence-electron chi connectivity index (χ3n) is 2.74. The van der Waals surface area contributed by atoms with Crippen LogP contribution in [0.5, 0.6) is 0 Å². The average molecular weight is 217 g/mol. The minimum atomic E-state index is -0.573. The molecule has 0 aromatic carbocycles. The van der Waals surface area contributed by atoms with E-state index < -0.39 is 11.7 Å². The summed E-state index contributed by atoms with van der Waals surface area (Å²) < 4.78 is 15.6. The van der Waals surface area contributed by atoms with Crippen molar-refractivity contribution >= 4 is 5.97 Å². The van der Waals surface area contributed by atoms with Crippen molar-refractivity contribution in [3.8, 4) is 0 Å². The largest absolute Gasteiger partial charge is 0.467 e. The summed E-state index contributed by atoms with van der Waals surface area (Å²) in [5.74, 6) is -0.366. The van der Waals surface area contributed by atoms with Crippen molar-refractivity contribution in [1.29, 1.82) is 0 Å². The molecule has 0 bridgehead atoms. The van der Waals surface area contributed by atoms with Gasteiger partial charge in [-0.25, -0.2) is 4.79 Å². The highest BCUT2D eigenvalue weighted by Crippen LogP contribution is 2.25. The maximum Gasteiger partial charge on any atom is 0.334 e. The lowest BCUT2D eigenvalue weighted by Crippen LogP contribution is -2.48. The van der Waals surface area contributed by atoms with Gasteiger partial charge in [0.05, 0.1) is 12.7 Å². The zero-order chi connectivity index (χ0) is 11.3. The molecule has 0 radical (unpaired) electrons. The Hall–Kier alpha value is -0.650. The van der Waals surface area contributed by atoms with Crippen molar-refractivity contribution in [3.05, 3.63) is 0 Å². The molecule has 0 aliphatic carbocycles. The van der Waals surface area contributed by atoms with Gasteiger partial charge in [0.1, 0.15) is 0 Å². The molecule has 5 heteroatoms. The van der Waals surface area contributed by atoms with Gasteiger partial charge in [0, 0.05) is 32.6 Å². The van der Waals surface area contributed by atoms with E-state index in [1.165, 1.54) is 7.11 Å². The van der Waals surface area contributed by atoms with Gasteiger partial charge in [0.15, 0.2) is 6.10 Å².